The first kappa shape index (κ1) is 15.1. The number of thiophene rings is 1. The van der Waals surface area contributed by atoms with Crippen LogP contribution in [0.5, 0.6) is 0 Å². The number of aryl methyl sites for hydroxylation is 1. The highest BCUT2D eigenvalue weighted by molar-refractivity contribution is 7.10. The van der Waals surface area contributed by atoms with Gasteiger partial charge in [0, 0.05) is 16.1 Å². The third-order valence-electron chi connectivity index (χ3n) is 3.11. The Labute approximate surface area is 126 Å². The molecular weight excluding hydrogens is 288 g/mol. The number of aliphatic carboxylic acids is 1. The predicted octanol–water partition coefficient (Wildman–Crippen LogP) is 2.58. The molecule has 2 rings (SSSR count). The smallest absolute Gasteiger partial charge is 0.305 e. The first-order valence-corrected chi connectivity index (χ1v) is 7.27. The van der Waals surface area contributed by atoms with Gasteiger partial charge < -0.3 is 16.2 Å². The van der Waals surface area contributed by atoms with Gasteiger partial charge in [-0.25, -0.2) is 0 Å². The number of nitrogens with one attached hydrogen (secondary N) is 1. The molecule has 1 aromatic heterocycles. The SMILES string of the molecule is Cc1ccc(C(=O)NC(CC(=O)O)c2cccs2)cc1N. The molecule has 2 aromatic rings. The standard InChI is InChI=1S/C15H16N2O3S/c1-9-4-5-10(7-11(9)16)15(20)17-12(8-14(18)19)13-3-2-6-21-13/h2-7,12H,8,16H2,1H3,(H,17,20)(H,18,19). The number of nitrogens with two attached hydrogens (primary N) is 1. The molecule has 0 aliphatic carbocycles. The second kappa shape index (κ2) is 6.41. The molecule has 21 heavy (non-hydrogen) atoms. The Morgan fingerprint density at radius 2 is 2.14 bits per heavy atom. The third kappa shape index (κ3) is 3.82. The van der Waals surface area contributed by atoms with E-state index < -0.39 is 12.0 Å². The van der Waals surface area contributed by atoms with Gasteiger partial charge in [-0.15, -0.1) is 11.3 Å². The van der Waals surface area contributed by atoms with Crippen LogP contribution in [-0.4, -0.2) is 17.0 Å². The lowest BCUT2D eigenvalue weighted by Crippen LogP contribution is -2.29. The molecule has 0 aliphatic rings. The summed E-state index contributed by atoms with van der Waals surface area (Å²) >= 11 is 1.41. The summed E-state index contributed by atoms with van der Waals surface area (Å²) in [6.07, 6.45) is -0.159. The summed E-state index contributed by atoms with van der Waals surface area (Å²) in [7, 11) is 0. The van der Waals surface area contributed by atoms with Gasteiger partial charge in [-0.3, -0.25) is 9.59 Å². The number of carbonyl (C=O) groups excluding carboxylic acids is 1. The molecule has 0 spiro atoms. The van der Waals surface area contributed by atoms with Crippen LogP contribution in [0.25, 0.3) is 0 Å². The summed E-state index contributed by atoms with van der Waals surface area (Å²) in [5.41, 5.74) is 7.64. The van der Waals surface area contributed by atoms with Crippen LogP contribution in [0.15, 0.2) is 35.7 Å². The number of benzene rings is 1. The Morgan fingerprint density at radius 1 is 1.38 bits per heavy atom. The lowest BCUT2D eigenvalue weighted by atomic mass is 10.1. The minimum atomic E-state index is -0.961. The predicted molar refractivity (Wildman–Crippen MR) is 82.4 cm³/mol. The summed E-state index contributed by atoms with van der Waals surface area (Å²) in [6.45, 7) is 1.86. The van der Waals surface area contributed by atoms with Crippen LogP contribution in [-0.2, 0) is 4.79 Å². The summed E-state index contributed by atoms with van der Waals surface area (Å²) in [5, 5.41) is 13.6. The Kier molecular flexibility index (Phi) is 4.59. The molecule has 0 radical (unpaired) electrons. The molecule has 4 N–H and O–H groups in total. The highest BCUT2D eigenvalue weighted by atomic mass is 32.1. The van der Waals surface area contributed by atoms with Gasteiger partial charge in [0.2, 0.25) is 0 Å². The number of nitrogen functional groups attached to an aromatic ring is 1. The lowest BCUT2D eigenvalue weighted by molar-refractivity contribution is -0.137. The van der Waals surface area contributed by atoms with E-state index in [1.165, 1.54) is 11.3 Å². The lowest BCUT2D eigenvalue weighted by Gasteiger charge is -2.16. The number of rotatable bonds is 5. The molecule has 0 bridgehead atoms. The van der Waals surface area contributed by atoms with Gasteiger partial charge in [0.25, 0.3) is 5.91 Å². The molecule has 110 valence electrons. The van der Waals surface area contributed by atoms with Gasteiger partial charge in [-0.1, -0.05) is 12.1 Å². The first-order chi connectivity index (χ1) is 9.97. The van der Waals surface area contributed by atoms with Gasteiger partial charge >= 0.3 is 5.97 Å². The van der Waals surface area contributed by atoms with Crippen molar-refractivity contribution in [3.8, 4) is 0 Å². The third-order valence-corrected chi connectivity index (χ3v) is 4.10. The second-order valence-corrected chi connectivity index (χ2v) is 5.69. The number of carboxylic acid groups (broad SMARTS) is 1. The van der Waals surface area contributed by atoms with Crippen molar-refractivity contribution in [2.24, 2.45) is 0 Å². The minimum absolute atomic E-state index is 0.159. The van der Waals surface area contributed by atoms with Crippen molar-refractivity contribution in [1.29, 1.82) is 0 Å². The van der Waals surface area contributed by atoms with E-state index in [2.05, 4.69) is 5.32 Å². The topological polar surface area (TPSA) is 92.4 Å². The number of amides is 1. The van der Waals surface area contributed by atoms with Crippen molar-refractivity contribution in [1.82, 2.24) is 5.32 Å². The fourth-order valence-electron chi connectivity index (χ4n) is 1.91. The molecule has 0 aliphatic heterocycles. The van der Waals surface area contributed by atoms with Crippen molar-refractivity contribution in [2.45, 2.75) is 19.4 Å². The van der Waals surface area contributed by atoms with Crippen LogP contribution in [0.4, 0.5) is 5.69 Å². The normalized spacial score (nSPS) is 11.9. The quantitative estimate of drug-likeness (QED) is 0.740. The van der Waals surface area contributed by atoms with E-state index >= 15 is 0 Å². The molecule has 1 aromatic carbocycles. The second-order valence-electron chi connectivity index (χ2n) is 4.71. The van der Waals surface area contributed by atoms with E-state index in [-0.39, 0.29) is 12.3 Å². The first-order valence-electron chi connectivity index (χ1n) is 6.39. The number of hydrogen-bond donors (Lipinski definition) is 3. The summed E-state index contributed by atoms with van der Waals surface area (Å²) < 4.78 is 0. The van der Waals surface area contributed by atoms with Gasteiger partial charge in [-0.05, 0) is 36.1 Å². The Balaban J connectivity index is 2.17. The van der Waals surface area contributed by atoms with Crippen molar-refractivity contribution >= 4 is 28.9 Å². The van der Waals surface area contributed by atoms with Crippen LogP contribution in [0.1, 0.15) is 33.3 Å². The maximum absolute atomic E-state index is 12.2. The molecule has 6 heteroatoms. The molecule has 1 heterocycles. The highest BCUT2D eigenvalue weighted by Gasteiger charge is 2.20. The van der Waals surface area contributed by atoms with Gasteiger partial charge in [0.05, 0.1) is 12.5 Å². The fraction of sp³-hybridized carbons (Fsp3) is 0.200. The van der Waals surface area contributed by atoms with E-state index in [4.69, 9.17) is 10.8 Å². The molecule has 1 amide bonds. The van der Waals surface area contributed by atoms with Crippen molar-refractivity contribution < 1.29 is 14.7 Å². The van der Waals surface area contributed by atoms with Gasteiger partial charge in [0.1, 0.15) is 0 Å². The van der Waals surface area contributed by atoms with E-state index in [0.29, 0.717) is 11.3 Å². The van der Waals surface area contributed by atoms with Gasteiger partial charge in [-0.2, -0.15) is 0 Å². The summed E-state index contributed by atoms with van der Waals surface area (Å²) in [4.78, 5) is 24.0. The Morgan fingerprint density at radius 3 is 2.71 bits per heavy atom. The van der Waals surface area contributed by atoms with Crippen molar-refractivity contribution in [3.05, 3.63) is 51.7 Å². The Hall–Kier alpha value is -2.34. The van der Waals surface area contributed by atoms with Crippen molar-refractivity contribution in [2.75, 3.05) is 5.73 Å². The van der Waals surface area contributed by atoms with Crippen LogP contribution in [0, 0.1) is 6.92 Å². The monoisotopic (exact) mass is 304 g/mol. The van der Waals surface area contributed by atoms with E-state index in [1.807, 2.05) is 24.4 Å². The van der Waals surface area contributed by atoms with Crippen LogP contribution in [0.3, 0.4) is 0 Å². The average Bonchev–Trinajstić information content (AvgIpc) is 2.94. The molecule has 0 fully saturated rings. The molecular formula is C15H16N2O3S. The Bertz CT molecular complexity index is 653. The number of anilines is 1. The van der Waals surface area contributed by atoms with Gasteiger partial charge in [0.15, 0.2) is 0 Å². The molecule has 5 nitrogen and oxygen atoms in total. The summed E-state index contributed by atoms with van der Waals surface area (Å²) in [5.74, 6) is -1.29. The van der Waals surface area contributed by atoms with E-state index in [0.717, 1.165) is 10.4 Å². The molecule has 1 unspecified atom stereocenters. The minimum Gasteiger partial charge on any atom is -0.481 e. The molecule has 1 atom stereocenters. The maximum atomic E-state index is 12.2. The zero-order chi connectivity index (χ0) is 15.4. The zero-order valence-electron chi connectivity index (χ0n) is 11.5. The largest absolute Gasteiger partial charge is 0.481 e. The zero-order valence-corrected chi connectivity index (χ0v) is 12.3. The molecule has 0 saturated carbocycles. The van der Waals surface area contributed by atoms with E-state index in [1.54, 1.807) is 18.2 Å². The molecule has 0 saturated heterocycles. The average molecular weight is 304 g/mol. The highest BCUT2D eigenvalue weighted by Crippen LogP contribution is 2.23. The number of carboxylic acids is 1. The maximum Gasteiger partial charge on any atom is 0.305 e. The number of carbonyl (C=O) groups is 2. The fourth-order valence-corrected chi connectivity index (χ4v) is 2.69. The van der Waals surface area contributed by atoms with Crippen molar-refractivity contribution in [3.63, 3.8) is 0 Å². The van der Waals surface area contributed by atoms with Crippen LogP contribution < -0.4 is 11.1 Å². The van der Waals surface area contributed by atoms with E-state index in [9.17, 15) is 9.59 Å². The number of hydrogen-bond acceptors (Lipinski definition) is 4. The van der Waals surface area contributed by atoms with Crippen LogP contribution >= 0.6 is 11.3 Å². The van der Waals surface area contributed by atoms with Crippen LogP contribution in [0.2, 0.25) is 0 Å². The summed E-state index contributed by atoms with van der Waals surface area (Å²) in [6, 6.07) is 8.12.